The summed E-state index contributed by atoms with van der Waals surface area (Å²) in [5.74, 6) is -1.36. The van der Waals surface area contributed by atoms with Crippen LogP contribution in [0.25, 0.3) is 10.9 Å². The van der Waals surface area contributed by atoms with Gasteiger partial charge in [-0.25, -0.2) is 0 Å². The molecule has 0 bridgehead atoms. The maximum atomic E-state index is 11.9. The summed E-state index contributed by atoms with van der Waals surface area (Å²) in [7, 11) is 0. The van der Waals surface area contributed by atoms with Gasteiger partial charge in [0.05, 0.1) is 11.4 Å². The van der Waals surface area contributed by atoms with Crippen molar-refractivity contribution in [3.8, 4) is 5.75 Å². The van der Waals surface area contributed by atoms with Crippen LogP contribution in [-0.2, 0) is 4.79 Å². The number of benzene rings is 1. The summed E-state index contributed by atoms with van der Waals surface area (Å²) in [6.45, 7) is 1.61. The Bertz CT molecular complexity index is 973. The normalized spacial score (nSPS) is 12.2. The molecule has 1 aromatic carbocycles. The Balaban J connectivity index is 2.28. The van der Waals surface area contributed by atoms with Crippen LogP contribution >= 0.6 is 0 Å². The molecule has 1 amide bonds. The smallest absolute Gasteiger partial charge is 0.227 e. The Morgan fingerprint density at radius 1 is 1.33 bits per heavy atom. The van der Waals surface area contributed by atoms with Gasteiger partial charge in [0.2, 0.25) is 17.1 Å². The lowest BCUT2D eigenvalue weighted by molar-refractivity contribution is -0.118. The van der Waals surface area contributed by atoms with Gasteiger partial charge in [-0.15, -0.1) is 0 Å². The second kappa shape index (κ2) is 6.16. The zero-order valence-electron chi connectivity index (χ0n) is 13.0. The van der Waals surface area contributed by atoms with Gasteiger partial charge >= 0.3 is 0 Å². The van der Waals surface area contributed by atoms with Crippen molar-refractivity contribution in [2.45, 2.75) is 19.3 Å². The van der Waals surface area contributed by atoms with Gasteiger partial charge < -0.3 is 15.3 Å². The number of fused-ring (bicyclic) bond motifs is 1. The number of carbonyl (C=O) groups excluding carboxylic acids is 1. The number of para-hydroxylation sites is 1. The van der Waals surface area contributed by atoms with Gasteiger partial charge in [-0.3, -0.25) is 14.6 Å². The van der Waals surface area contributed by atoms with E-state index in [9.17, 15) is 14.7 Å². The molecule has 0 radical (unpaired) electrons. The van der Waals surface area contributed by atoms with Crippen molar-refractivity contribution in [2.75, 3.05) is 0 Å². The summed E-state index contributed by atoms with van der Waals surface area (Å²) in [5.41, 5.74) is 6.27. The van der Waals surface area contributed by atoms with Crippen LogP contribution in [0.1, 0.15) is 29.4 Å². The number of nitrogens with zero attached hydrogens (tertiary/aromatic N) is 1. The summed E-state index contributed by atoms with van der Waals surface area (Å²) in [6.07, 6.45) is 1.50. The van der Waals surface area contributed by atoms with Crippen LogP contribution < -0.4 is 11.2 Å². The molecule has 0 aliphatic heterocycles. The molecule has 0 saturated carbocycles. The standard InChI is InChI=1S/C18H16N2O4/c1-10-8-15(21)17(23)18(24-10)13(9-16(19)22)11-6-7-20-14-5-3-2-4-12(11)14/h2-8,13,23H,9H2,1H3,(H2,19,22)/t13-/m1/s1. The first-order chi connectivity index (χ1) is 11.5. The predicted octanol–water partition coefficient (Wildman–Crippen LogP) is 2.21. The molecule has 2 aromatic heterocycles. The molecule has 24 heavy (non-hydrogen) atoms. The number of pyridine rings is 1. The lowest BCUT2D eigenvalue weighted by Crippen LogP contribution is -2.18. The second-order valence-electron chi connectivity index (χ2n) is 5.57. The van der Waals surface area contributed by atoms with E-state index in [2.05, 4.69) is 4.98 Å². The molecule has 1 atom stereocenters. The van der Waals surface area contributed by atoms with Gasteiger partial charge in [0.25, 0.3) is 0 Å². The quantitative estimate of drug-likeness (QED) is 0.765. The summed E-state index contributed by atoms with van der Waals surface area (Å²) < 4.78 is 5.58. The average Bonchev–Trinajstić information content (AvgIpc) is 2.55. The van der Waals surface area contributed by atoms with Gasteiger partial charge in [-0.05, 0) is 24.6 Å². The van der Waals surface area contributed by atoms with E-state index < -0.39 is 23.0 Å². The number of amides is 1. The largest absolute Gasteiger partial charge is 0.502 e. The van der Waals surface area contributed by atoms with Crippen molar-refractivity contribution in [2.24, 2.45) is 5.73 Å². The number of hydrogen-bond acceptors (Lipinski definition) is 5. The van der Waals surface area contributed by atoms with Crippen molar-refractivity contribution in [1.82, 2.24) is 4.98 Å². The van der Waals surface area contributed by atoms with E-state index in [1.807, 2.05) is 24.3 Å². The SMILES string of the molecule is Cc1cc(=O)c(O)c([C@H](CC(N)=O)c2ccnc3ccccc23)o1. The fourth-order valence-electron chi connectivity index (χ4n) is 2.83. The van der Waals surface area contributed by atoms with Crippen molar-refractivity contribution < 1.29 is 14.3 Å². The Morgan fingerprint density at radius 3 is 2.83 bits per heavy atom. The fraction of sp³-hybridized carbons (Fsp3) is 0.167. The van der Waals surface area contributed by atoms with Crippen LogP contribution in [-0.4, -0.2) is 16.0 Å². The summed E-state index contributed by atoms with van der Waals surface area (Å²) in [6, 6.07) is 10.3. The fourth-order valence-corrected chi connectivity index (χ4v) is 2.83. The highest BCUT2D eigenvalue weighted by atomic mass is 16.4. The minimum Gasteiger partial charge on any atom is -0.502 e. The summed E-state index contributed by atoms with van der Waals surface area (Å²) in [5, 5.41) is 11.0. The average molecular weight is 324 g/mol. The Kier molecular flexibility index (Phi) is 4.04. The first-order valence-corrected chi connectivity index (χ1v) is 7.43. The third-order valence-corrected chi connectivity index (χ3v) is 3.85. The van der Waals surface area contributed by atoms with E-state index in [-0.39, 0.29) is 12.2 Å². The minimum atomic E-state index is -0.678. The van der Waals surface area contributed by atoms with Crippen molar-refractivity contribution >= 4 is 16.8 Å². The van der Waals surface area contributed by atoms with E-state index in [4.69, 9.17) is 10.2 Å². The second-order valence-corrected chi connectivity index (χ2v) is 5.57. The number of hydrogen-bond donors (Lipinski definition) is 2. The van der Waals surface area contributed by atoms with Gasteiger partial charge in [0.1, 0.15) is 5.76 Å². The first kappa shape index (κ1) is 15.7. The number of nitrogens with two attached hydrogens (primary N) is 1. The lowest BCUT2D eigenvalue weighted by atomic mass is 9.89. The highest BCUT2D eigenvalue weighted by molar-refractivity contribution is 5.84. The minimum absolute atomic E-state index is 0.0372. The zero-order chi connectivity index (χ0) is 17.3. The first-order valence-electron chi connectivity index (χ1n) is 7.43. The molecular weight excluding hydrogens is 308 g/mol. The van der Waals surface area contributed by atoms with Gasteiger partial charge in [-0.2, -0.15) is 0 Å². The van der Waals surface area contributed by atoms with Crippen molar-refractivity contribution in [3.05, 3.63) is 69.9 Å². The van der Waals surface area contributed by atoms with Gasteiger partial charge in [0, 0.05) is 24.1 Å². The molecular formula is C18H16N2O4. The number of aromatic nitrogens is 1. The molecule has 6 heteroatoms. The van der Waals surface area contributed by atoms with Crippen molar-refractivity contribution in [1.29, 1.82) is 0 Å². The molecule has 0 saturated heterocycles. The monoisotopic (exact) mass is 324 g/mol. The number of aryl methyl sites for hydroxylation is 1. The molecule has 0 aliphatic rings. The maximum Gasteiger partial charge on any atom is 0.227 e. The third kappa shape index (κ3) is 2.86. The number of carbonyl (C=O) groups is 1. The van der Waals surface area contributed by atoms with Crippen LogP contribution in [0.5, 0.6) is 5.75 Å². The number of aromatic hydroxyl groups is 1. The Morgan fingerprint density at radius 2 is 2.08 bits per heavy atom. The van der Waals surface area contributed by atoms with Crippen LogP contribution in [0, 0.1) is 6.92 Å². The summed E-state index contributed by atoms with van der Waals surface area (Å²) >= 11 is 0. The van der Waals surface area contributed by atoms with E-state index >= 15 is 0 Å². The molecule has 0 fully saturated rings. The Hall–Kier alpha value is -3.15. The van der Waals surface area contributed by atoms with Gasteiger partial charge in [0.15, 0.2) is 5.76 Å². The predicted molar refractivity (Wildman–Crippen MR) is 88.8 cm³/mol. The highest BCUT2D eigenvalue weighted by Gasteiger charge is 2.26. The maximum absolute atomic E-state index is 11.9. The van der Waals surface area contributed by atoms with Crippen molar-refractivity contribution in [3.63, 3.8) is 0 Å². The van der Waals surface area contributed by atoms with Crippen LogP contribution in [0.3, 0.4) is 0 Å². The van der Waals surface area contributed by atoms with E-state index in [0.717, 1.165) is 10.9 Å². The van der Waals surface area contributed by atoms with Crippen LogP contribution in [0.4, 0.5) is 0 Å². The van der Waals surface area contributed by atoms with E-state index in [1.165, 1.54) is 6.07 Å². The van der Waals surface area contributed by atoms with Gasteiger partial charge in [-0.1, -0.05) is 18.2 Å². The van der Waals surface area contributed by atoms with E-state index in [1.54, 1.807) is 19.2 Å². The number of rotatable bonds is 4. The van der Waals surface area contributed by atoms with Crippen LogP contribution in [0.2, 0.25) is 0 Å². The molecule has 3 N–H and O–H groups in total. The molecule has 3 rings (SSSR count). The Labute approximate surface area is 137 Å². The molecule has 0 spiro atoms. The molecule has 0 aliphatic carbocycles. The highest BCUT2D eigenvalue weighted by Crippen LogP contribution is 2.35. The molecule has 0 unspecified atom stereocenters. The lowest BCUT2D eigenvalue weighted by Gasteiger charge is -2.18. The molecule has 3 aromatic rings. The summed E-state index contributed by atoms with van der Waals surface area (Å²) in [4.78, 5) is 27.8. The van der Waals surface area contributed by atoms with Crippen LogP contribution in [0.15, 0.2) is 51.8 Å². The zero-order valence-corrected chi connectivity index (χ0v) is 13.0. The third-order valence-electron chi connectivity index (χ3n) is 3.85. The molecule has 6 nitrogen and oxygen atoms in total. The number of primary amides is 1. The van der Waals surface area contributed by atoms with E-state index in [0.29, 0.717) is 11.3 Å². The molecule has 2 heterocycles. The molecule has 122 valence electrons. The topological polar surface area (TPSA) is 106 Å².